The van der Waals surface area contributed by atoms with Gasteiger partial charge in [-0.3, -0.25) is 10.1 Å². The second kappa shape index (κ2) is 11.6. The van der Waals surface area contributed by atoms with E-state index in [-0.39, 0.29) is 22.7 Å². The van der Waals surface area contributed by atoms with Crippen LogP contribution in [0.3, 0.4) is 0 Å². The maximum absolute atomic E-state index is 13.6. The Bertz CT molecular complexity index is 1440. The third kappa shape index (κ3) is 5.40. The number of aryl methyl sites for hydroxylation is 1. The van der Waals surface area contributed by atoms with Crippen molar-refractivity contribution in [3.8, 4) is 16.9 Å². The molecular formula is C26H28ClF2N9O. The molecule has 2 atom stereocenters. The van der Waals surface area contributed by atoms with Crippen LogP contribution in [-0.2, 0) is 11.3 Å². The molecule has 4 aromatic rings. The van der Waals surface area contributed by atoms with Crippen LogP contribution in [0.15, 0.2) is 55.0 Å². The summed E-state index contributed by atoms with van der Waals surface area (Å²) in [5.74, 6) is -0.600. The largest absolute Gasteiger partial charge is 0.320 e. The van der Waals surface area contributed by atoms with E-state index in [1.165, 1.54) is 0 Å². The highest BCUT2D eigenvalue weighted by Crippen LogP contribution is 2.33. The van der Waals surface area contributed by atoms with Gasteiger partial charge in [0, 0.05) is 12.1 Å². The summed E-state index contributed by atoms with van der Waals surface area (Å²) < 4.78 is 28.0. The Labute approximate surface area is 229 Å². The molecule has 2 aromatic carbocycles. The van der Waals surface area contributed by atoms with Crippen LogP contribution in [0.2, 0.25) is 5.02 Å². The van der Waals surface area contributed by atoms with E-state index < -0.39 is 18.3 Å². The van der Waals surface area contributed by atoms with E-state index in [0.717, 1.165) is 46.4 Å². The minimum atomic E-state index is -2.82. The van der Waals surface area contributed by atoms with Crippen LogP contribution in [0.4, 0.5) is 8.78 Å². The van der Waals surface area contributed by atoms with Gasteiger partial charge in [0.2, 0.25) is 5.91 Å². The lowest BCUT2D eigenvalue weighted by atomic mass is 10.0. The molecule has 1 amide bonds. The van der Waals surface area contributed by atoms with Gasteiger partial charge in [-0.15, -0.1) is 0 Å². The predicted octanol–water partition coefficient (Wildman–Crippen LogP) is 3.92. The number of carbonyl (C=O) groups is 1. The number of halogens is 3. The summed E-state index contributed by atoms with van der Waals surface area (Å²) in [5.41, 5.74) is 3.52. The minimum absolute atomic E-state index is 0.0950. The van der Waals surface area contributed by atoms with Gasteiger partial charge in [0.25, 0.3) is 6.43 Å². The third-order valence-electron chi connectivity index (χ3n) is 6.62. The average Bonchev–Trinajstić information content (AvgIpc) is 3.69. The fraction of sp³-hybridized carbons (Fsp3) is 0.346. The Balaban J connectivity index is 1.38. The minimum Gasteiger partial charge on any atom is -0.320 e. The lowest BCUT2D eigenvalue weighted by Crippen LogP contribution is -2.37. The average molecular weight is 556 g/mol. The molecule has 0 aliphatic carbocycles. The third-order valence-corrected chi connectivity index (χ3v) is 6.94. The van der Waals surface area contributed by atoms with Crippen LogP contribution in [0, 0.1) is 0 Å². The molecule has 2 aromatic heterocycles. The van der Waals surface area contributed by atoms with Gasteiger partial charge in [0.05, 0.1) is 36.2 Å². The van der Waals surface area contributed by atoms with Crippen molar-refractivity contribution in [1.82, 2.24) is 45.3 Å². The maximum atomic E-state index is 13.6. The number of rotatable bonds is 10. The number of nitrogens with one attached hydrogen (secondary N) is 2. The number of hydrogen-bond donors (Lipinski definition) is 2. The normalized spacial score (nSPS) is 16.4. The first-order valence-corrected chi connectivity index (χ1v) is 13.0. The molecule has 1 aliphatic heterocycles. The summed E-state index contributed by atoms with van der Waals surface area (Å²) in [6.07, 6.45) is 0.923. The molecule has 5 rings (SSSR count). The molecule has 0 spiro atoms. The highest BCUT2D eigenvalue weighted by molar-refractivity contribution is 6.32. The van der Waals surface area contributed by atoms with Crippen molar-refractivity contribution in [3.05, 3.63) is 77.0 Å². The second-order valence-corrected chi connectivity index (χ2v) is 9.57. The van der Waals surface area contributed by atoms with Crippen molar-refractivity contribution in [1.29, 1.82) is 0 Å². The highest BCUT2D eigenvalue weighted by atomic mass is 35.5. The van der Waals surface area contributed by atoms with Gasteiger partial charge in [0.1, 0.15) is 18.1 Å². The van der Waals surface area contributed by atoms with E-state index in [4.69, 9.17) is 11.6 Å². The van der Waals surface area contributed by atoms with Crippen molar-refractivity contribution >= 4 is 17.5 Å². The zero-order valence-electron chi connectivity index (χ0n) is 21.4. The van der Waals surface area contributed by atoms with E-state index in [1.54, 1.807) is 41.1 Å². The number of carbonyl (C=O) groups excluding carboxylic acids is 1. The summed E-state index contributed by atoms with van der Waals surface area (Å²) in [6.45, 7) is 3.57. The Hall–Kier alpha value is -3.74. The quantitative estimate of drug-likeness (QED) is 0.305. The number of likely N-dealkylation sites (N-methyl/N-ethyl adjacent to an activating group) is 1. The summed E-state index contributed by atoms with van der Waals surface area (Å²) >= 11 is 6.36. The van der Waals surface area contributed by atoms with Gasteiger partial charge in [-0.05, 0) is 36.7 Å². The first-order chi connectivity index (χ1) is 18.9. The molecular weight excluding hydrogens is 528 g/mol. The number of nitrogens with zero attached hydrogens (tertiary/aromatic N) is 7. The molecule has 3 heterocycles. The van der Waals surface area contributed by atoms with Crippen LogP contribution >= 0.6 is 11.6 Å². The van der Waals surface area contributed by atoms with Crippen LogP contribution in [0.5, 0.6) is 0 Å². The lowest BCUT2D eigenvalue weighted by Gasteiger charge is -2.28. The van der Waals surface area contributed by atoms with Crippen LogP contribution in [0.1, 0.15) is 48.8 Å². The van der Waals surface area contributed by atoms with Crippen molar-refractivity contribution in [3.63, 3.8) is 0 Å². The zero-order valence-corrected chi connectivity index (χ0v) is 22.2. The molecule has 0 unspecified atom stereocenters. The second-order valence-electron chi connectivity index (χ2n) is 9.17. The zero-order chi connectivity index (χ0) is 27.5. The van der Waals surface area contributed by atoms with Crippen LogP contribution in [0.25, 0.3) is 16.9 Å². The molecule has 2 N–H and O–H groups in total. The molecule has 1 aliphatic rings. The van der Waals surface area contributed by atoms with Crippen molar-refractivity contribution < 1.29 is 13.6 Å². The summed E-state index contributed by atoms with van der Waals surface area (Å²) in [5, 5.41) is 19.4. The first-order valence-electron chi connectivity index (χ1n) is 12.6. The number of alkyl halides is 2. The Morgan fingerprint density at radius 3 is 2.69 bits per heavy atom. The summed E-state index contributed by atoms with van der Waals surface area (Å²) in [4.78, 5) is 20.7. The molecule has 39 heavy (non-hydrogen) atoms. The monoisotopic (exact) mass is 555 g/mol. The molecule has 0 bridgehead atoms. The Morgan fingerprint density at radius 1 is 1.18 bits per heavy atom. The van der Waals surface area contributed by atoms with Crippen molar-refractivity contribution in [2.45, 2.75) is 38.4 Å². The summed E-state index contributed by atoms with van der Waals surface area (Å²) in [6, 6.07) is 11.9. The topological polar surface area (TPSA) is 106 Å². The highest BCUT2D eigenvalue weighted by Gasteiger charge is 2.37. The van der Waals surface area contributed by atoms with Crippen LogP contribution in [-0.4, -0.2) is 60.8 Å². The molecule has 10 nitrogen and oxygen atoms in total. The number of benzene rings is 2. The van der Waals surface area contributed by atoms with Gasteiger partial charge in [-0.25, -0.2) is 18.4 Å². The first kappa shape index (κ1) is 26.9. The molecule has 1 fully saturated rings. The van der Waals surface area contributed by atoms with Gasteiger partial charge in [0.15, 0.2) is 5.82 Å². The van der Waals surface area contributed by atoms with Gasteiger partial charge < -0.3 is 10.2 Å². The van der Waals surface area contributed by atoms with E-state index in [2.05, 4.69) is 37.8 Å². The Morgan fingerprint density at radius 2 is 1.97 bits per heavy atom. The molecule has 1 saturated heterocycles. The van der Waals surface area contributed by atoms with Crippen molar-refractivity contribution in [2.24, 2.45) is 0 Å². The molecule has 204 valence electrons. The van der Waals surface area contributed by atoms with Crippen LogP contribution < -0.4 is 10.6 Å². The maximum Gasteiger partial charge on any atom is 0.297 e. The Kier molecular flexibility index (Phi) is 7.96. The molecule has 13 heteroatoms. The smallest absolute Gasteiger partial charge is 0.297 e. The SMILES string of the molecule is CCCn1ncc(-c2ccc([C@H]3NCN([C@H](CNC)c4ccc(Cl)c(-n5ncnc5C(F)F)c4)C3=O)cc2)n1. The predicted molar refractivity (Wildman–Crippen MR) is 141 cm³/mol. The number of hydrogen-bond acceptors (Lipinski definition) is 7. The summed E-state index contributed by atoms with van der Waals surface area (Å²) in [7, 11) is 1.79. The van der Waals surface area contributed by atoms with E-state index in [1.807, 2.05) is 24.3 Å². The van der Waals surface area contributed by atoms with Gasteiger partial charge >= 0.3 is 0 Å². The lowest BCUT2D eigenvalue weighted by molar-refractivity contribution is -0.131. The van der Waals surface area contributed by atoms with Gasteiger partial charge in [-0.1, -0.05) is 48.9 Å². The van der Waals surface area contributed by atoms with E-state index in [0.29, 0.717) is 13.2 Å². The molecule has 0 radical (unpaired) electrons. The van der Waals surface area contributed by atoms with E-state index in [9.17, 15) is 13.6 Å². The van der Waals surface area contributed by atoms with Gasteiger partial charge in [-0.2, -0.15) is 20.1 Å². The number of aromatic nitrogens is 6. The molecule has 0 saturated carbocycles. The van der Waals surface area contributed by atoms with Crippen molar-refractivity contribution in [2.75, 3.05) is 20.3 Å². The number of amides is 1. The van der Waals surface area contributed by atoms with E-state index >= 15 is 0 Å². The standard InChI is InChI=1S/C26H28ClF2N9O/c1-3-10-37-33-12-20(35-37)16-4-6-17(7-5-16)23-26(39)36(15-32-23)22(13-30-2)18-8-9-19(27)21(11-18)38-25(24(28)29)31-14-34-38/h4-9,11-12,14,22-24,30,32H,3,10,13,15H2,1-2H3/t22-,23-/m1/s1. The fourth-order valence-electron chi connectivity index (χ4n) is 4.71. The fourth-order valence-corrected chi connectivity index (χ4v) is 4.91.